The minimum Gasteiger partial charge on any atom is -0.394 e. The van der Waals surface area contributed by atoms with E-state index in [0.717, 1.165) is 23.3 Å². The molecule has 1 fully saturated rings. The molecule has 1 aliphatic heterocycles. The number of aliphatic hydroxyl groups is 4. The van der Waals surface area contributed by atoms with Crippen LogP contribution < -0.4 is 4.18 Å². The minimum atomic E-state index is -5.76. The molecule has 1 saturated heterocycles. The number of hydrogen-bond acceptors (Lipinski definition) is 8. The maximum atomic E-state index is 12.5. The van der Waals surface area contributed by atoms with Gasteiger partial charge in [0.2, 0.25) is 0 Å². The van der Waals surface area contributed by atoms with Crippen LogP contribution in [0.2, 0.25) is 0 Å². The van der Waals surface area contributed by atoms with Gasteiger partial charge in [0, 0.05) is 0 Å². The monoisotopic (exact) mass is 492 g/mol. The molecule has 0 radical (unpaired) electrons. The van der Waals surface area contributed by atoms with E-state index in [1.54, 1.807) is 18.2 Å². The Morgan fingerprint density at radius 1 is 1.00 bits per heavy atom. The lowest BCUT2D eigenvalue weighted by molar-refractivity contribution is -0.231. The Morgan fingerprint density at radius 2 is 1.64 bits per heavy atom. The summed E-state index contributed by atoms with van der Waals surface area (Å²) in [4.78, 5) is 0. The zero-order valence-electron chi connectivity index (χ0n) is 17.3. The first-order chi connectivity index (χ1) is 15.3. The summed E-state index contributed by atoms with van der Waals surface area (Å²) in [6.45, 7) is 1.26. The van der Waals surface area contributed by atoms with Gasteiger partial charge in [0.05, 0.1) is 6.61 Å². The predicted octanol–water partition coefficient (Wildman–Crippen LogP) is 1.33. The van der Waals surface area contributed by atoms with Gasteiger partial charge in [-0.15, -0.1) is 0 Å². The fourth-order valence-electron chi connectivity index (χ4n) is 3.49. The first kappa shape index (κ1) is 25.4. The van der Waals surface area contributed by atoms with E-state index in [2.05, 4.69) is 4.18 Å². The molecule has 12 heteroatoms. The number of hydrogen-bond donors (Lipinski definition) is 4. The molecule has 1 aliphatic rings. The van der Waals surface area contributed by atoms with Gasteiger partial charge in [-0.2, -0.15) is 21.6 Å². The normalized spacial score (nSPS) is 26.2. The molecule has 4 N–H and O–H groups in total. The van der Waals surface area contributed by atoms with Gasteiger partial charge in [-0.05, 0) is 47.7 Å². The molecule has 0 bridgehead atoms. The van der Waals surface area contributed by atoms with Crippen LogP contribution >= 0.6 is 0 Å². The highest BCUT2D eigenvalue weighted by Crippen LogP contribution is 2.34. The van der Waals surface area contributed by atoms with Crippen molar-refractivity contribution in [2.75, 3.05) is 6.61 Å². The number of aryl methyl sites for hydroxylation is 1. The molecule has 0 spiro atoms. The molecule has 33 heavy (non-hydrogen) atoms. The van der Waals surface area contributed by atoms with Gasteiger partial charge in [0.15, 0.2) is 0 Å². The van der Waals surface area contributed by atoms with Crippen molar-refractivity contribution in [2.24, 2.45) is 0 Å². The second-order valence-electron chi connectivity index (χ2n) is 7.74. The van der Waals surface area contributed by atoms with Crippen molar-refractivity contribution >= 4 is 10.1 Å². The van der Waals surface area contributed by atoms with Crippen molar-refractivity contribution in [3.63, 3.8) is 0 Å². The summed E-state index contributed by atoms with van der Waals surface area (Å²) in [5.41, 5.74) is -2.79. The highest BCUT2D eigenvalue weighted by molar-refractivity contribution is 7.88. The summed E-state index contributed by atoms with van der Waals surface area (Å²) >= 11 is 0. The number of aliphatic hydroxyl groups excluding tert-OH is 4. The highest BCUT2D eigenvalue weighted by Gasteiger charge is 2.48. The topological polar surface area (TPSA) is 134 Å². The molecular formula is C21H23F3O8S. The van der Waals surface area contributed by atoms with Crippen LogP contribution in [0.1, 0.15) is 28.4 Å². The molecule has 2 aromatic rings. The third-order valence-electron chi connectivity index (χ3n) is 5.40. The second kappa shape index (κ2) is 9.57. The Hall–Kier alpha value is -2.22. The van der Waals surface area contributed by atoms with Crippen LogP contribution in [-0.2, 0) is 21.3 Å². The van der Waals surface area contributed by atoms with Crippen molar-refractivity contribution in [2.45, 2.75) is 49.4 Å². The van der Waals surface area contributed by atoms with Crippen LogP contribution in [-0.4, -0.2) is 65.4 Å². The van der Waals surface area contributed by atoms with E-state index in [9.17, 15) is 42.0 Å². The largest absolute Gasteiger partial charge is 0.534 e. The molecule has 1 heterocycles. The Kier molecular flexibility index (Phi) is 7.36. The predicted molar refractivity (Wildman–Crippen MR) is 109 cm³/mol. The molecule has 182 valence electrons. The van der Waals surface area contributed by atoms with Crippen molar-refractivity contribution in [1.29, 1.82) is 0 Å². The minimum absolute atomic E-state index is 0.309. The molecule has 2 aromatic carbocycles. The summed E-state index contributed by atoms with van der Waals surface area (Å²) in [6, 6.07) is 10.2. The first-order valence-electron chi connectivity index (χ1n) is 9.83. The molecule has 3 rings (SSSR count). The van der Waals surface area contributed by atoms with Crippen LogP contribution in [0, 0.1) is 6.92 Å². The lowest BCUT2D eigenvalue weighted by Crippen LogP contribution is -2.55. The lowest BCUT2D eigenvalue weighted by Gasteiger charge is -2.40. The van der Waals surface area contributed by atoms with E-state index in [1.165, 1.54) is 12.1 Å². The zero-order chi connectivity index (χ0) is 24.6. The third-order valence-corrected chi connectivity index (χ3v) is 6.38. The average Bonchev–Trinajstić information content (AvgIpc) is 2.74. The second-order valence-corrected chi connectivity index (χ2v) is 9.28. The summed E-state index contributed by atoms with van der Waals surface area (Å²) in [6.07, 6.45) is -6.20. The van der Waals surface area contributed by atoms with E-state index < -0.39 is 58.5 Å². The molecule has 0 aromatic heterocycles. The van der Waals surface area contributed by atoms with Gasteiger partial charge in [-0.1, -0.05) is 30.3 Å². The number of rotatable bonds is 6. The van der Waals surface area contributed by atoms with Gasteiger partial charge in [-0.25, -0.2) is 0 Å². The molecular weight excluding hydrogens is 469 g/mol. The van der Waals surface area contributed by atoms with E-state index in [4.69, 9.17) is 4.74 Å². The molecule has 8 nitrogen and oxygen atoms in total. The summed E-state index contributed by atoms with van der Waals surface area (Å²) in [5, 5.41) is 39.7. The average molecular weight is 492 g/mol. The van der Waals surface area contributed by atoms with Gasteiger partial charge in [0.25, 0.3) is 0 Å². The molecule has 0 aliphatic carbocycles. The number of alkyl halides is 3. The van der Waals surface area contributed by atoms with Crippen LogP contribution in [0.3, 0.4) is 0 Å². The van der Waals surface area contributed by atoms with Crippen LogP contribution in [0.5, 0.6) is 5.75 Å². The maximum Gasteiger partial charge on any atom is 0.534 e. The molecule has 1 unspecified atom stereocenters. The van der Waals surface area contributed by atoms with Crippen molar-refractivity contribution in [3.05, 3.63) is 64.7 Å². The van der Waals surface area contributed by atoms with Crippen LogP contribution in [0.4, 0.5) is 13.2 Å². The highest BCUT2D eigenvalue weighted by atomic mass is 32.2. The van der Waals surface area contributed by atoms with Crippen molar-refractivity contribution in [1.82, 2.24) is 0 Å². The smallest absolute Gasteiger partial charge is 0.394 e. The van der Waals surface area contributed by atoms with E-state index in [1.807, 2.05) is 6.92 Å². The van der Waals surface area contributed by atoms with Crippen molar-refractivity contribution < 1.29 is 50.9 Å². The van der Waals surface area contributed by atoms with E-state index in [0.29, 0.717) is 17.5 Å². The quantitative estimate of drug-likeness (QED) is 0.351. The van der Waals surface area contributed by atoms with Gasteiger partial charge in [0.1, 0.15) is 36.3 Å². The Morgan fingerprint density at radius 3 is 2.21 bits per heavy atom. The first-order valence-corrected chi connectivity index (χ1v) is 11.2. The lowest BCUT2D eigenvalue weighted by atomic mass is 9.89. The number of benzene rings is 2. The van der Waals surface area contributed by atoms with Crippen LogP contribution in [0.25, 0.3) is 0 Å². The van der Waals surface area contributed by atoms with Gasteiger partial charge < -0.3 is 29.3 Å². The van der Waals surface area contributed by atoms with Crippen LogP contribution in [0.15, 0.2) is 42.5 Å². The Labute approximate surface area is 188 Å². The third kappa shape index (κ3) is 5.48. The number of ether oxygens (including phenoxy) is 1. The standard InChI is InChI=1S/C21H23F3O8S/c1-11-2-5-13(20-19(28)18(27)17(26)16(10-25)31-20)9-14(11)8-12-3-6-15(7-4-12)32-33(29,30)21(22,23)24/h2-7,9,16-20,25-28H,8,10H2,1H3/t16-,17-,18?,19-,20+/m1/s1. The summed E-state index contributed by atoms with van der Waals surface area (Å²) in [7, 11) is -5.76. The molecule has 0 amide bonds. The van der Waals surface area contributed by atoms with E-state index in [-0.39, 0.29) is 0 Å². The summed E-state index contributed by atoms with van der Waals surface area (Å²) in [5.74, 6) is -0.483. The SMILES string of the molecule is Cc1ccc([C@@H]2O[C@H](CO)[C@@H](O)C(O)[C@H]2O)cc1Cc1ccc(OS(=O)(=O)C(F)(F)F)cc1. The van der Waals surface area contributed by atoms with Gasteiger partial charge >= 0.3 is 15.6 Å². The Bertz CT molecular complexity index is 1070. The van der Waals surface area contributed by atoms with Gasteiger partial charge in [-0.3, -0.25) is 0 Å². The molecule has 5 atom stereocenters. The van der Waals surface area contributed by atoms with E-state index >= 15 is 0 Å². The maximum absolute atomic E-state index is 12.5. The molecule has 0 saturated carbocycles. The fourth-order valence-corrected chi connectivity index (χ4v) is 3.95. The van der Waals surface area contributed by atoms with Crippen molar-refractivity contribution in [3.8, 4) is 5.75 Å². The number of halogens is 3. The Balaban J connectivity index is 1.79. The zero-order valence-corrected chi connectivity index (χ0v) is 18.1. The fraction of sp³-hybridized carbons (Fsp3) is 0.429. The summed E-state index contributed by atoms with van der Waals surface area (Å²) < 4.78 is 69.3.